The number of nitrogens with zero attached hydrogens (tertiary/aromatic N) is 1. The van der Waals surface area contributed by atoms with Crippen LogP contribution in [0.4, 0.5) is 0 Å². The molecule has 0 saturated heterocycles. The smallest absolute Gasteiger partial charge is 0.171 e. The minimum absolute atomic E-state index is 0.0311. The van der Waals surface area contributed by atoms with Gasteiger partial charge in [0.25, 0.3) is 0 Å². The second-order valence-electron chi connectivity index (χ2n) is 4.74. The molecule has 2 N–H and O–H groups in total. The molecule has 0 saturated carbocycles. The molecular formula is C11H26N2O3. The third-order valence-electron chi connectivity index (χ3n) is 2.33. The van der Waals surface area contributed by atoms with E-state index in [4.69, 9.17) is 9.47 Å². The molecule has 2 unspecified atom stereocenters. The van der Waals surface area contributed by atoms with Crippen LogP contribution in [-0.4, -0.2) is 69.3 Å². The van der Waals surface area contributed by atoms with Gasteiger partial charge in [-0.15, -0.1) is 0 Å². The molecule has 2 atom stereocenters. The third-order valence-corrected chi connectivity index (χ3v) is 2.33. The number of rotatable bonds is 8. The number of likely N-dealkylation sites (N-methyl/N-ethyl adjacent to an activating group) is 1. The highest BCUT2D eigenvalue weighted by Crippen LogP contribution is 2.05. The first-order valence-corrected chi connectivity index (χ1v) is 5.48. The zero-order chi connectivity index (χ0) is 12.8. The molecular weight excluding hydrogens is 208 g/mol. The van der Waals surface area contributed by atoms with Crippen molar-refractivity contribution in [3.05, 3.63) is 0 Å². The summed E-state index contributed by atoms with van der Waals surface area (Å²) in [5, 5.41) is 13.3. The average molecular weight is 234 g/mol. The lowest BCUT2D eigenvalue weighted by Crippen LogP contribution is -2.50. The van der Waals surface area contributed by atoms with Gasteiger partial charge in [-0.05, 0) is 27.9 Å². The van der Waals surface area contributed by atoms with Gasteiger partial charge in [0, 0.05) is 27.3 Å². The van der Waals surface area contributed by atoms with Crippen LogP contribution in [0.15, 0.2) is 0 Å². The van der Waals surface area contributed by atoms with Gasteiger partial charge in [0.1, 0.15) is 0 Å². The lowest BCUT2D eigenvalue weighted by Gasteiger charge is -2.30. The van der Waals surface area contributed by atoms with Crippen molar-refractivity contribution in [2.24, 2.45) is 0 Å². The normalized spacial score (nSPS) is 17.8. The Hall–Kier alpha value is -0.200. The van der Waals surface area contributed by atoms with Crippen molar-refractivity contribution < 1.29 is 14.6 Å². The van der Waals surface area contributed by atoms with Crippen LogP contribution in [0.3, 0.4) is 0 Å². The predicted octanol–water partition coefficient (Wildman–Crippen LogP) is -0.104. The first kappa shape index (κ1) is 15.8. The monoisotopic (exact) mass is 234 g/mol. The Kier molecular flexibility index (Phi) is 7.10. The van der Waals surface area contributed by atoms with Crippen LogP contribution in [-0.2, 0) is 9.47 Å². The Balaban J connectivity index is 4.02. The number of nitrogens with one attached hydrogen (secondary N) is 1. The van der Waals surface area contributed by atoms with E-state index in [1.807, 2.05) is 25.9 Å². The van der Waals surface area contributed by atoms with Gasteiger partial charge in [-0.25, -0.2) is 0 Å². The van der Waals surface area contributed by atoms with Crippen molar-refractivity contribution in [2.75, 3.05) is 41.4 Å². The molecule has 0 radical (unpaired) electrons. The van der Waals surface area contributed by atoms with E-state index < -0.39 is 5.60 Å². The Labute approximate surface area is 98.7 Å². The third kappa shape index (κ3) is 6.40. The minimum atomic E-state index is -0.760. The molecule has 0 bridgehead atoms. The van der Waals surface area contributed by atoms with Gasteiger partial charge < -0.3 is 24.8 Å². The molecule has 0 spiro atoms. The molecule has 0 aliphatic carbocycles. The lowest BCUT2D eigenvalue weighted by molar-refractivity contribution is -0.121. The minimum Gasteiger partial charge on any atom is -0.388 e. The topological polar surface area (TPSA) is 54.0 Å². The van der Waals surface area contributed by atoms with E-state index in [9.17, 15) is 5.11 Å². The zero-order valence-electron chi connectivity index (χ0n) is 11.3. The number of methoxy groups -OCH3 is 2. The van der Waals surface area contributed by atoms with Gasteiger partial charge >= 0.3 is 0 Å². The van der Waals surface area contributed by atoms with Crippen LogP contribution in [0.1, 0.15) is 13.8 Å². The summed E-state index contributed by atoms with van der Waals surface area (Å²) < 4.78 is 10.3. The summed E-state index contributed by atoms with van der Waals surface area (Å²) in [7, 11) is 7.07. The largest absolute Gasteiger partial charge is 0.388 e. The number of hydrogen-bond donors (Lipinski definition) is 2. The molecule has 0 amide bonds. The van der Waals surface area contributed by atoms with E-state index in [0.29, 0.717) is 13.1 Å². The molecule has 0 heterocycles. The van der Waals surface area contributed by atoms with Crippen LogP contribution >= 0.6 is 0 Å². The van der Waals surface area contributed by atoms with Crippen molar-refractivity contribution in [3.63, 3.8) is 0 Å². The van der Waals surface area contributed by atoms with Gasteiger partial charge in [-0.1, -0.05) is 0 Å². The summed E-state index contributed by atoms with van der Waals surface area (Å²) in [6.07, 6.45) is -0.296. The molecule has 0 aromatic rings. The quantitative estimate of drug-likeness (QED) is 0.574. The SMILES string of the molecule is COC(OC)C(C)NCC(C)(O)CN(C)C. The van der Waals surface area contributed by atoms with E-state index in [1.165, 1.54) is 0 Å². The van der Waals surface area contributed by atoms with E-state index in [0.717, 1.165) is 0 Å². The standard InChI is InChI=1S/C11H26N2O3/c1-9(10(15-5)16-6)12-7-11(2,14)8-13(3)4/h9-10,12,14H,7-8H2,1-6H3. The van der Waals surface area contributed by atoms with Crippen molar-refractivity contribution >= 4 is 0 Å². The van der Waals surface area contributed by atoms with Crippen molar-refractivity contribution in [2.45, 2.75) is 31.8 Å². The molecule has 5 heteroatoms. The number of hydrogen-bond acceptors (Lipinski definition) is 5. The van der Waals surface area contributed by atoms with Gasteiger partial charge in [0.05, 0.1) is 11.6 Å². The van der Waals surface area contributed by atoms with Crippen molar-refractivity contribution in [3.8, 4) is 0 Å². The Morgan fingerprint density at radius 2 is 1.81 bits per heavy atom. The second kappa shape index (κ2) is 7.19. The highest BCUT2D eigenvalue weighted by atomic mass is 16.7. The van der Waals surface area contributed by atoms with E-state index in [1.54, 1.807) is 21.1 Å². The molecule has 0 aromatic heterocycles. The zero-order valence-corrected chi connectivity index (χ0v) is 11.3. The Morgan fingerprint density at radius 3 is 2.19 bits per heavy atom. The Bertz CT molecular complexity index is 182. The van der Waals surface area contributed by atoms with Gasteiger partial charge in [-0.3, -0.25) is 0 Å². The molecule has 16 heavy (non-hydrogen) atoms. The van der Waals surface area contributed by atoms with Crippen molar-refractivity contribution in [1.29, 1.82) is 0 Å². The molecule has 0 aliphatic heterocycles. The van der Waals surface area contributed by atoms with Gasteiger partial charge in [-0.2, -0.15) is 0 Å². The lowest BCUT2D eigenvalue weighted by atomic mass is 10.1. The predicted molar refractivity (Wildman–Crippen MR) is 64.4 cm³/mol. The molecule has 5 nitrogen and oxygen atoms in total. The van der Waals surface area contributed by atoms with Gasteiger partial charge in [0.15, 0.2) is 6.29 Å². The summed E-state index contributed by atoms with van der Waals surface area (Å²) in [6, 6.07) is 0.0311. The fourth-order valence-electron chi connectivity index (χ4n) is 1.72. The maximum absolute atomic E-state index is 10.1. The van der Waals surface area contributed by atoms with Crippen LogP contribution in [0.25, 0.3) is 0 Å². The molecule has 0 fully saturated rings. The molecule has 0 rings (SSSR count). The summed E-state index contributed by atoms with van der Waals surface area (Å²) in [5.74, 6) is 0. The first-order chi connectivity index (χ1) is 7.32. The molecule has 98 valence electrons. The van der Waals surface area contributed by atoms with E-state index >= 15 is 0 Å². The van der Waals surface area contributed by atoms with Crippen LogP contribution in [0.5, 0.6) is 0 Å². The Morgan fingerprint density at radius 1 is 1.31 bits per heavy atom. The van der Waals surface area contributed by atoms with Crippen LogP contribution in [0.2, 0.25) is 0 Å². The average Bonchev–Trinajstić information content (AvgIpc) is 2.15. The maximum Gasteiger partial charge on any atom is 0.171 e. The first-order valence-electron chi connectivity index (χ1n) is 5.48. The van der Waals surface area contributed by atoms with E-state index in [-0.39, 0.29) is 12.3 Å². The van der Waals surface area contributed by atoms with Gasteiger partial charge in [0.2, 0.25) is 0 Å². The highest BCUT2D eigenvalue weighted by Gasteiger charge is 2.24. The maximum atomic E-state index is 10.1. The second-order valence-corrected chi connectivity index (χ2v) is 4.74. The summed E-state index contributed by atoms with van der Waals surface area (Å²) in [5.41, 5.74) is -0.760. The number of aliphatic hydroxyl groups is 1. The summed E-state index contributed by atoms with van der Waals surface area (Å²) >= 11 is 0. The van der Waals surface area contributed by atoms with E-state index in [2.05, 4.69) is 5.32 Å². The molecule has 0 aliphatic rings. The highest BCUT2D eigenvalue weighted by molar-refractivity contribution is 4.80. The fourth-order valence-corrected chi connectivity index (χ4v) is 1.72. The fraction of sp³-hybridized carbons (Fsp3) is 1.00. The van der Waals surface area contributed by atoms with Crippen LogP contribution in [0, 0.1) is 0 Å². The molecule has 0 aromatic carbocycles. The number of ether oxygens (including phenoxy) is 2. The van der Waals surface area contributed by atoms with Crippen LogP contribution < -0.4 is 5.32 Å². The van der Waals surface area contributed by atoms with Crippen molar-refractivity contribution in [1.82, 2.24) is 10.2 Å². The summed E-state index contributed by atoms with van der Waals surface area (Å²) in [6.45, 7) is 4.87. The summed E-state index contributed by atoms with van der Waals surface area (Å²) in [4.78, 5) is 1.95.